The van der Waals surface area contributed by atoms with Gasteiger partial charge in [-0.15, -0.1) is 0 Å². The zero-order valence-electron chi connectivity index (χ0n) is 18.1. The predicted molar refractivity (Wildman–Crippen MR) is 130 cm³/mol. The smallest absolute Gasteiger partial charge is 0.252 e. The van der Waals surface area contributed by atoms with Crippen LogP contribution in [-0.2, 0) is 13.1 Å². The van der Waals surface area contributed by atoms with Crippen LogP contribution in [0.25, 0.3) is 11.1 Å². The molecule has 0 aliphatic heterocycles. The third kappa shape index (κ3) is 5.47. The Morgan fingerprint density at radius 2 is 2.03 bits per heavy atom. The molecule has 1 amide bonds. The summed E-state index contributed by atoms with van der Waals surface area (Å²) in [7, 11) is 0. The first-order valence-corrected chi connectivity index (χ1v) is 11.3. The highest BCUT2D eigenvalue weighted by atomic mass is 32.1. The third-order valence-electron chi connectivity index (χ3n) is 5.00. The first-order chi connectivity index (χ1) is 16.0. The number of nitrogens with two attached hydrogens (primary N) is 1. The van der Waals surface area contributed by atoms with Crippen LogP contribution in [0.5, 0.6) is 0 Å². The van der Waals surface area contributed by atoms with Gasteiger partial charge in [0, 0.05) is 35.6 Å². The number of thiophene rings is 1. The molecule has 0 bridgehead atoms. The summed E-state index contributed by atoms with van der Waals surface area (Å²) in [6.07, 6.45) is 5.20. The summed E-state index contributed by atoms with van der Waals surface area (Å²) in [6.45, 7) is 2.85. The Hall–Kier alpha value is -3.93. The van der Waals surface area contributed by atoms with Crippen molar-refractivity contribution in [1.29, 1.82) is 0 Å². The second-order valence-corrected chi connectivity index (χ2v) is 8.27. The van der Waals surface area contributed by atoms with Gasteiger partial charge in [0.1, 0.15) is 5.82 Å². The summed E-state index contributed by atoms with van der Waals surface area (Å²) in [5.41, 5.74) is 11.5. The molecule has 0 saturated heterocycles. The van der Waals surface area contributed by atoms with Gasteiger partial charge in [0.05, 0.1) is 30.5 Å². The van der Waals surface area contributed by atoms with Crippen molar-refractivity contribution < 1.29 is 9.90 Å². The molecule has 1 aromatic carbocycles. The normalized spacial score (nSPS) is 10.5. The number of hydrogen-bond acceptors (Lipinski definition) is 6. The van der Waals surface area contributed by atoms with Crippen LogP contribution in [0.3, 0.4) is 0 Å². The second kappa shape index (κ2) is 10.1. The third-order valence-corrected chi connectivity index (χ3v) is 5.73. The molecule has 0 spiro atoms. The highest BCUT2D eigenvalue weighted by Crippen LogP contribution is 2.21. The summed E-state index contributed by atoms with van der Waals surface area (Å²) < 4.78 is 1.66. The Labute approximate surface area is 195 Å². The van der Waals surface area contributed by atoms with Gasteiger partial charge in [-0.1, -0.05) is 17.9 Å². The van der Waals surface area contributed by atoms with Gasteiger partial charge < -0.3 is 16.2 Å². The number of rotatable bonds is 6. The molecule has 3 heterocycles. The van der Waals surface area contributed by atoms with Gasteiger partial charge in [0.15, 0.2) is 0 Å². The van der Waals surface area contributed by atoms with Crippen molar-refractivity contribution >= 4 is 23.1 Å². The number of amides is 1. The van der Waals surface area contributed by atoms with Gasteiger partial charge in [-0.25, -0.2) is 4.98 Å². The number of nitrogens with zero attached hydrogens (tertiary/aromatic N) is 3. The molecule has 7 nitrogen and oxygen atoms in total. The number of pyridine rings is 1. The SMILES string of the molecule is Cc1ccc(C(=O)NCc2ccsc2)c(C#Cc2cc(-c3cnn(CCO)c3)cnc2N)c1. The van der Waals surface area contributed by atoms with Crippen LogP contribution < -0.4 is 11.1 Å². The lowest BCUT2D eigenvalue weighted by atomic mass is 10.0. The van der Waals surface area contributed by atoms with E-state index < -0.39 is 0 Å². The lowest BCUT2D eigenvalue weighted by Gasteiger charge is -2.07. The standard InChI is InChI=1S/C25H23N5O2S/c1-17-2-5-23(25(32)28-12-18-6-9-33-16-18)19(10-17)3-4-20-11-21(13-27-24(20)26)22-14-29-30(15-22)7-8-31/h2,5-6,9-11,13-16,31H,7-8,12H2,1H3,(H2,26,27)(H,28,32). The lowest BCUT2D eigenvalue weighted by Crippen LogP contribution is -2.23. The van der Waals surface area contributed by atoms with Gasteiger partial charge in [0.25, 0.3) is 5.91 Å². The van der Waals surface area contributed by atoms with Crippen LogP contribution in [0.4, 0.5) is 5.82 Å². The molecule has 0 fully saturated rings. The molecular weight excluding hydrogens is 434 g/mol. The number of aryl methyl sites for hydroxylation is 1. The minimum absolute atomic E-state index is 0.0114. The molecule has 0 atom stereocenters. The first-order valence-electron chi connectivity index (χ1n) is 10.3. The number of hydrogen-bond donors (Lipinski definition) is 3. The van der Waals surface area contributed by atoms with Crippen molar-refractivity contribution in [3.8, 4) is 23.0 Å². The maximum absolute atomic E-state index is 12.8. The zero-order valence-corrected chi connectivity index (χ0v) is 18.9. The molecule has 0 unspecified atom stereocenters. The monoisotopic (exact) mass is 457 g/mol. The highest BCUT2D eigenvalue weighted by Gasteiger charge is 2.11. The molecule has 0 saturated carbocycles. The quantitative estimate of drug-likeness (QED) is 0.386. The van der Waals surface area contributed by atoms with Crippen LogP contribution in [0.15, 0.2) is 59.7 Å². The summed E-state index contributed by atoms with van der Waals surface area (Å²) in [4.78, 5) is 17.1. The molecule has 0 aliphatic rings. The molecule has 4 aromatic rings. The fourth-order valence-corrected chi connectivity index (χ4v) is 3.90. The number of carbonyl (C=O) groups is 1. The minimum Gasteiger partial charge on any atom is -0.394 e. The zero-order chi connectivity index (χ0) is 23.2. The van der Waals surface area contributed by atoms with Crippen molar-refractivity contribution in [2.45, 2.75) is 20.0 Å². The van der Waals surface area contributed by atoms with E-state index in [1.54, 1.807) is 34.5 Å². The molecule has 0 aliphatic carbocycles. The van der Waals surface area contributed by atoms with E-state index in [1.165, 1.54) is 0 Å². The number of nitrogens with one attached hydrogen (secondary N) is 1. The number of benzene rings is 1. The van der Waals surface area contributed by atoms with Crippen LogP contribution >= 0.6 is 11.3 Å². The predicted octanol–water partition coefficient (Wildman–Crippen LogP) is 3.22. The van der Waals surface area contributed by atoms with E-state index in [9.17, 15) is 4.79 Å². The van der Waals surface area contributed by atoms with Crippen LogP contribution in [-0.4, -0.2) is 32.4 Å². The Balaban J connectivity index is 1.61. The van der Waals surface area contributed by atoms with Crippen molar-refractivity contribution in [2.24, 2.45) is 0 Å². The fourth-order valence-electron chi connectivity index (χ4n) is 3.24. The average molecular weight is 458 g/mol. The average Bonchev–Trinajstić information content (AvgIpc) is 3.50. The number of anilines is 1. The highest BCUT2D eigenvalue weighted by molar-refractivity contribution is 7.07. The van der Waals surface area contributed by atoms with Crippen molar-refractivity contribution in [2.75, 3.05) is 12.3 Å². The second-order valence-electron chi connectivity index (χ2n) is 7.49. The Kier molecular flexibility index (Phi) is 6.83. The molecule has 33 heavy (non-hydrogen) atoms. The number of carbonyl (C=O) groups excluding carboxylic acids is 1. The van der Waals surface area contributed by atoms with E-state index in [0.717, 1.165) is 22.3 Å². The van der Waals surface area contributed by atoms with E-state index in [0.29, 0.717) is 35.6 Å². The minimum atomic E-state index is -0.179. The molecule has 8 heteroatoms. The van der Waals surface area contributed by atoms with E-state index in [1.807, 2.05) is 48.1 Å². The Bertz CT molecular complexity index is 1330. The van der Waals surface area contributed by atoms with Crippen LogP contribution in [0.1, 0.15) is 32.6 Å². The topological polar surface area (TPSA) is 106 Å². The fraction of sp³-hybridized carbons (Fsp3) is 0.160. The van der Waals surface area contributed by atoms with E-state index in [-0.39, 0.29) is 12.5 Å². The number of nitrogen functional groups attached to an aromatic ring is 1. The molecule has 4 N–H and O–H groups in total. The van der Waals surface area contributed by atoms with Crippen LogP contribution in [0.2, 0.25) is 0 Å². The van der Waals surface area contributed by atoms with E-state index >= 15 is 0 Å². The number of aliphatic hydroxyl groups excluding tert-OH is 1. The maximum atomic E-state index is 12.8. The largest absolute Gasteiger partial charge is 0.394 e. The van der Waals surface area contributed by atoms with Gasteiger partial charge >= 0.3 is 0 Å². The number of aromatic nitrogens is 3. The molecular formula is C25H23N5O2S. The number of aliphatic hydroxyl groups is 1. The molecule has 3 aromatic heterocycles. The Morgan fingerprint density at radius 1 is 1.18 bits per heavy atom. The van der Waals surface area contributed by atoms with Crippen molar-refractivity contribution in [3.05, 3.63) is 87.5 Å². The summed E-state index contributed by atoms with van der Waals surface area (Å²) >= 11 is 1.59. The van der Waals surface area contributed by atoms with Crippen molar-refractivity contribution in [3.63, 3.8) is 0 Å². The molecule has 166 valence electrons. The van der Waals surface area contributed by atoms with Crippen LogP contribution in [0, 0.1) is 18.8 Å². The van der Waals surface area contributed by atoms with E-state index in [2.05, 4.69) is 27.2 Å². The van der Waals surface area contributed by atoms with Crippen molar-refractivity contribution in [1.82, 2.24) is 20.1 Å². The Morgan fingerprint density at radius 3 is 2.82 bits per heavy atom. The van der Waals surface area contributed by atoms with Gasteiger partial charge in [0.2, 0.25) is 0 Å². The maximum Gasteiger partial charge on any atom is 0.252 e. The summed E-state index contributed by atoms with van der Waals surface area (Å²) in [5.74, 6) is 6.32. The van der Waals surface area contributed by atoms with Gasteiger partial charge in [-0.05, 0) is 53.1 Å². The molecule has 0 radical (unpaired) electrons. The first kappa shape index (κ1) is 22.3. The summed E-state index contributed by atoms with van der Waals surface area (Å²) in [6, 6.07) is 9.40. The molecule has 4 rings (SSSR count). The summed E-state index contributed by atoms with van der Waals surface area (Å²) in [5, 5.41) is 20.2. The lowest BCUT2D eigenvalue weighted by molar-refractivity contribution is 0.0950. The van der Waals surface area contributed by atoms with E-state index in [4.69, 9.17) is 10.8 Å². The van der Waals surface area contributed by atoms with Gasteiger partial charge in [-0.3, -0.25) is 9.48 Å². The van der Waals surface area contributed by atoms with Gasteiger partial charge in [-0.2, -0.15) is 16.4 Å².